The fraction of sp³-hybridized carbons (Fsp3) is 0.600. The maximum atomic E-state index is 12.8. The van der Waals surface area contributed by atoms with Crippen molar-refractivity contribution in [3.05, 3.63) is 35.4 Å². The van der Waals surface area contributed by atoms with E-state index in [0.717, 1.165) is 12.0 Å². The molecule has 2 aliphatic rings. The lowest BCUT2D eigenvalue weighted by atomic mass is 10.0. The highest BCUT2D eigenvalue weighted by Crippen LogP contribution is 2.24. The standard InChI is InChI=1S/C15H22N2O3S/c1-12-9-17(10-13(2)20-12)21(18,19)16-8-7-14-5-3-4-6-15(14)11-16/h3-6,12-13H,7-11H2,1-2H3/t12-,13+. The third kappa shape index (κ3) is 2.99. The Morgan fingerprint density at radius 2 is 1.67 bits per heavy atom. The van der Waals surface area contributed by atoms with E-state index in [0.29, 0.717) is 26.2 Å². The predicted octanol–water partition coefficient (Wildman–Crippen LogP) is 1.40. The zero-order valence-electron chi connectivity index (χ0n) is 12.5. The second-order valence-electron chi connectivity index (χ2n) is 5.93. The summed E-state index contributed by atoms with van der Waals surface area (Å²) in [5.41, 5.74) is 2.37. The number of nitrogens with zero attached hydrogens (tertiary/aromatic N) is 2. The third-order valence-corrected chi connectivity index (χ3v) is 6.05. The Balaban J connectivity index is 1.80. The largest absolute Gasteiger partial charge is 0.373 e. The monoisotopic (exact) mass is 310 g/mol. The van der Waals surface area contributed by atoms with Gasteiger partial charge in [0, 0.05) is 26.2 Å². The molecule has 116 valence electrons. The van der Waals surface area contributed by atoms with Crippen molar-refractivity contribution in [1.29, 1.82) is 0 Å². The fourth-order valence-corrected chi connectivity index (χ4v) is 4.90. The summed E-state index contributed by atoms with van der Waals surface area (Å²) in [6.45, 7) is 5.74. The molecule has 6 heteroatoms. The smallest absolute Gasteiger partial charge is 0.282 e. The molecule has 2 heterocycles. The first-order chi connectivity index (χ1) is 9.96. The highest BCUT2D eigenvalue weighted by molar-refractivity contribution is 7.86. The van der Waals surface area contributed by atoms with Crippen LogP contribution in [0, 0.1) is 0 Å². The van der Waals surface area contributed by atoms with Crippen molar-refractivity contribution in [1.82, 2.24) is 8.61 Å². The molecule has 1 fully saturated rings. The van der Waals surface area contributed by atoms with Crippen LogP contribution in [-0.4, -0.2) is 48.9 Å². The van der Waals surface area contributed by atoms with Gasteiger partial charge in [-0.15, -0.1) is 0 Å². The van der Waals surface area contributed by atoms with Crippen LogP contribution in [0.25, 0.3) is 0 Å². The number of hydrogen-bond donors (Lipinski definition) is 0. The van der Waals surface area contributed by atoms with Crippen molar-refractivity contribution in [3.63, 3.8) is 0 Å². The van der Waals surface area contributed by atoms with E-state index in [2.05, 4.69) is 6.07 Å². The van der Waals surface area contributed by atoms with Crippen LogP contribution in [-0.2, 0) is 27.9 Å². The molecule has 0 N–H and O–H groups in total. The molecule has 2 aliphatic heterocycles. The Morgan fingerprint density at radius 1 is 1.05 bits per heavy atom. The molecule has 0 amide bonds. The van der Waals surface area contributed by atoms with Gasteiger partial charge in [-0.05, 0) is 31.4 Å². The van der Waals surface area contributed by atoms with Crippen molar-refractivity contribution >= 4 is 10.2 Å². The van der Waals surface area contributed by atoms with Gasteiger partial charge in [-0.2, -0.15) is 17.0 Å². The number of ether oxygens (including phenoxy) is 1. The zero-order chi connectivity index (χ0) is 15.0. The molecule has 0 unspecified atom stereocenters. The van der Waals surface area contributed by atoms with E-state index >= 15 is 0 Å². The number of hydrogen-bond acceptors (Lipinski definition) is 3. The summed E-state index contributed by atoms with van der Waals surface area (Å²) in [6, 6.07) is 8.07. The maximum absolute atomic E-state index is 12.8. The number of rotatable bonds is 2. The van der Waals surface area contributed by atoms with Gasteiger partial charge in [0.1, 0.15) is 0 Å². The molecule has 2 atom stereocenters. The first-order valence-electron chi connectivity index (χ1n) is 7.44. The molecule has 3 rings (SSSR count). The SMILES string of the molecule is C[C@@H]1CN(S(=O)(=O)N2CCc3ccccc3C2)C[C@H](C)O1. The van der Waals surface area contributed by atoms with Crippen molar-refractivity contribution in [3.8, 4) is 0 Å². The minimum absolute atomic E-state index is 0.0550. The van der Waals surface area contributed by atoms with Gasteiger partial charge in [0.05, 0.1) is 12.2 Å². The second kappa shape index (κ2) is 5.68. The molecule has 1 saturated heterocycles. The average molecular weight is 310 g/mol. The van der Waals surface area contributed by atoms with Gasteiger partial charge in [-0.3, -0.25) is 0 Å². The van der Waals surface area contributed by atoms with Crippen LogP contribution in [0.15, 0.2) is 24.3 Å². The predicted molar refractivity (Wildman–Crippen MR) is 81.1 cm³/mol. The quantitative estimate of drug-likeness (QED) is 0.829. The van der Waals surface area contributed by atoms with Gasteiger partial charge in [0.25, 0.3) is 10.2 Å². The molecular formula is C15H22N2O3S. The maximum Gasteiger partial charge on any atom is 0.282 e. The topological polar surface area (TPSA) is 49.9 Å². The molecule has 0 saturated carbocycles. The first kappa shape index (κ1) is 15.0. The van der Waals surface area contributed by atoms with Crippen LogP contribution in [0.4, 0.5) is 0 Å². The minimum Gasteiger partial charge on any atom is -0.373 e. The summed E-state index contributed by atoms with van der Waals surface area (Å²) < 4.78 is 34.5. The summed E-state index contributed by atoms with van der Waals surface area (Å²) in [4.78, 5) is 0. The normalized spacial score (nSPS) is 28.3. The van der Waals surface area contributed by atoms with Crippen LogP contribution >= 0.6 is 0 Å². The van der Waals surface area contributed by atoms with Crippen LogP contribution in [0.3, 0.4) is 0 Å². The van der Waals surface area contributed by atoms with Crippen molar-refractivity contribution < 1.29 is 13.2 Å². The lowest BCUT2D eigenvalue weighted by Gasteiger charge is -2.38. The Kier molecular flexibility index (Phi) is 4.05. The lowest BCUT2D eigenvalue weighted by molar-refractivity contribution is -0.0455. The van der Waals surface area contributed by atoms with Crippen molar-refractivity contribution in [2.24, 2.45) is 0 Å². The number of fused-ring (bicyclic) bond motifs is 1. The van der Waals surface area contributed by atoms with E-state index in [-0.39, 0.29) is 12.2 Å². The van der Waals surface area contributed by atoms with Gasteiger partial charge in [-0.1, -0.05) is 24.3 Å². The molecule has 0 bridgehead atoms. The second-order valence-corrected chi connectivity index (χ2v) is 7.86. The summed E-state index contributed by atoms with van der Waals surface area (Å²) >= 11 is 0. The molecule has 1 aromatic carbocycles. The van der Waals surface area contributed by atoms with Crippen LogP contribution in [0.5, 0.6) is 0 Å². The summed E-state index contributed by atoms with van der Waals surface area (Å²) in [7, 11) is -3.41. The number of benzene rings is 1. The Hall–Kier alpha value is -0.950. The van der Waals surface area contributed by atoms with Crippen LogP contribution in [0.2, 0.25) is 0 Å². The highest BCUT2D eigenvalue weighted by atomic mass is 32.2. The van der Waals surface area contributed by atoms with Gasteiger partial charge < -0.3 is 4.74 Å². The van der Waals surface area contributed by atoms with E-state index in [1.807, 2.05) is 32.0 Å². The molecule has 0 aliphatic carbocycles. The van der Waals surface area contributed by atoms with Crippen LogP contribution in [0.1, 0.15) is 25.0 Å². The van der Waals surface area contributed by atoms with E-state index in [9.17, 15) is 8.42 Å². The van der Waals surface area contributed by atoms with Gasteiger partial charge in [0.15, 0.2) is 0 Å². The molecular weight excluding hydrogens is 288 g/mol. The molecule has 0 spiro atoms. The minimum atomic E-state index is -3.41. The van der Waals surface area contributed by atoms with Gasteiger partial charge >= 0.3 is 0 Å². The van der Waals surface area contributed by atoms with E-state index in [1.165, 1.54) is 5.56 Å². The molecule has 21 heavy (non-hydrogen) atoms. The van der Waals surface area contributed by atoms with Gasteiger partial charge in [-0.25, -0.2) is 0 Å². The van der Waals surface area contributed by atoms with Gasteiger partial charge in [0.2, 0.25) is 0 Å². The third-order valence-electron chi connectivity index (χ3n) is 4.13. The Morgan fingerprint density at radius 3 is 2.33 bits per heavy atom. The Labute approximate surface area is 126 Å². The molecule has 0 radical (unpaired) electrons. The Bertz CT molecular complexity index is 607. The van der Waals surface area contributed by atoms with E-state index in [1.54, 1.807) is 8.61 Å². The lowest BCUT2D eigenvalue weighted by Crippen LogP contribution is -2.53. The summed E-state index contributed by atoms with van der Waals surface area (Å²) in [6.07, 6.45) is 0.673. The fourth-order valence-electron chi connectivity index (χ4n) is 3.15. The first-order valence-corrected chi connectivity index (χ1v) is 8.84. The molecule has 1 aromatic rings. The summed E-state index contributed by atoms with van der Waals surface area (Å²) in [5.74, 6) is 0. The molecule has 0 aromatic heterocycles. The van der Waals surface area contributed by atoms with Crippen LogP contribution < -0.4 is 0 Å². The zero-order valence-corrected chi connectivity index (χ0v) is 13.3. The average Bonchev–Trinajstić information content (AvgIpc) is 2.45. The van der Waals surface area contributed by atoms with Crippen molar-refractivity contribution in [2.45, 2.75) is 39.0 Å². The number of morpholine rings is 1. The van der Waals surface area contributed by atoms with E-state index in [4.69, 9.17) is 4.74 Å². The molecule has 5 nitrogen and oxygen atoms in total. The van der Waals surface area contributed by atoms with Crippen molar-refractivity contribution in [2.75, 3.05) is 19.6 Å². The summed E-state index contributed by atoms with van der Waals surface area (Å²) in [5, 5.41) is 0. The van der Waals surface area contributed by atoms with E-state index < -0.39 is 10.2 Å². The highest BCUT2D eigenvalue weighted by Gasteiger charge is 2.36.